The SMILES string of the molecule is C=C(CNCC(CCCCCCCCC)CCCCCCCCCC)C(F)F. The van der Waals surface area contributed by atoms with Crippen molar-refractivity contribution in [3.8, 4) is 0 Å². The molecular formula is C25H49F2N. The van der Waals surface area contributed by atoms with Gasteiger partial charge in [0.1, 0.15) is 0 Å². The molecule has 0 aromatic carbocycles. The Hall–Kier alpha value is -0.440. The van der Waals surface area contributed by atoms with E-state index in [0.717, 1.165) is 6.54 Å². The van der Waals surface area contributed by atoms with Gasteiger partial charge in [-0.1, -0.05) is 117 Å². The molecule has 0 saturated heterocycles. The van der Waals surface area contributed by atoms with Crippen LogP contribution in [0.1, 0.15) is 123 Å². The minimum atomic E-state index is -2.40. The number of nitrogens with one attached hydrogen (secondary N) is 1. The molecule has 1 atom stereocenters. The Balaban J connectivity index is 3.92. The smallest absolute Gasteiger partial charge is 0.260 e. The quantitative estimate of drug-likeness (QED) is 0.141. The van der Waals surface area contributed by atoms with Gasteiger partial charge in [-0.2, -0.15) is 0 Å². The van der Waals surface area contributed by atoms with Gasteiger partial charge in [-0.3, -0.25) is 0 Å². The molecule has 0 saturated carbocycles. The molecule has 0 aliphatic carbocycles. The Labute approximate surface area is 175 Å². The Bertz CT molecular complexity index is 331. The maximum absolute atomic E-state index is 12.6. The van der Waals surface area contributed by atoms with Gasteiger partial charge in [-0.05, 0) is 25.3 Å². The molecule has 0 fully saturated rings. The summed E-state index contributed by atoms with van der Waals surface area (Å²) >= 11 is 0. The standard InChI is InChI=1S/C25H49F2N/c1-4-6-8-10-12-14-16-18-20-24(22-28-21-23(3)25(26)27)19-17-15-13-11-9-7-5-2/h24-25,28H,3-22H2,1-2H3. The third kappa shape index (κ3) is 18.9. The summed E-state index contributed by atoms with van der Waals surface area (Å²) < 4.78 is 25.2. The normalized spacial score (nSPS) is 12.6. The monoisotopic (exact) mass is 401 g/mol. The molecule has 0 aliphatic heterocycles. The van der Waals surface area contributed by atoms with Crippen LogP contribution in [0.5, 0.6) is 0 Å². The molecule has 1 N–H and O–H groups in total. The summed E-state index contributed by atoms with van der Waals surface area (Å²) in [4.78, 5) is 0. The molecule has 0 aromatic heterocycles. The molecule has 28 heavy (non-hydrogen) atoms. The number of alkyl halides is 2. The molecule has 0 aromatic rings. The van der Waals surface area contributed by atoms with Crippen LogP contribution in [0.25, 0.3) is 0 Å². The maximum atomic E-state index is 12.6. The third-order valence-electron chi connectivity index (χ3n) is 5.78. The molecule has 0 heterocycles. The first-order chi connectivity index (χ1) is 13.6. The van der Waals surface area contributed by atoms with E-state index in [1.165, 1.54) is 109 Å². The predicted molar refractivity (Wildman–Crippen MR) is 121 cm³/mol. The van der Waals surface area contributed by atoms with Gasteiger partial charge in [0.25, 0.3) is 6.43 Å². The maximum Gasteiger partial charge on any atom is 0.260 e. The highest BCUT2D eigenvalue weighted by molar-refractivity contribution is 4.99. The number of hydrogen-bond donors (Lipinski definition) is 1. The van der Waals surface area contributed by atoms with Crippen molar-refractivity contribution in [3.05, 3.63) is 12.2 Å². The molecule has 0 aliphatic rings. The van der Waals surface area contributed by atoms with Gasteiger partial charge >= 0.3 is 0 Å². The molecular weight excluding hydrogens is 352 g/mol. The number of halogens is 2. The second-order valence-electron chi connectivity index (χ2n) is 8.63. The average Bonchev–Trinajstić information content (AvgIpc) is 2.68. The van der Waals surface area contributed by atoms with Crippen molar-refractivity contribution in [3.63, 3.8) is 0 Å². The van der Waals surface area contributed by atoms with Crippen LogP contribution in [-0.2, 0) is 0 Å². The van der Waals surface area contributed by atoms with E-state index in [1.54, 1.807) is 0 Å². The summed E-state index contributed by atoms with van der Waals surface area (Å²) in [7, 11) is 0. The van der Waals surface area contributed by atoms with E-state index < -0.39 is 6.43 Å². The first kappa shape index (κ1) is 27.6. The lowest BCUT2D eigenvalue weighted by molar-refractivity contribution is 0.186. The summed E-state index contributed by atoms with van der Waals surface area (Å²) in [6.07, 6.45) is 20.2. The molecule has 0 spiro atoms. The second-order valence-corrected chi connectivity index (χ2v) is 8.63. The van der Waals surface area contributed by atoms with Gasteiger partial charge in [-0.25, -0.2) is 8.78 Å². The van der Waals surface area contributed by atoms with Crippen LogP contribution in [0.4, 0.5) is 8.78 Å². The van der Waals surface area contributed by atoms with E-state index in [4.69, 9.17) is 0 Å². The lowest BCUT2D eigenvalue weighted by Crippen LogP contribution is -2.26. The number of unbranched alkanes of at least 4 members (excludes halogenated alkanes) is 13. The summed E-state index contributed by atoms with van der Waals surface area (Å²) in [6, 6.07) is 0. The van der Waals surface area contributed by atoms with Gasteiger partial charge in [0, 0.05) is 12.1 Å². The molecule has 0 bridgehead atoms. The molecule has 168 valence electrons. The number of hydrogen-bond acceptors (Lipinski definition) is 1. The van der Waals surface area contributed by atoms with Crippen molar-refractivity contribution < 1.29 is 8.78 Å². The molecule has 0 amide bonds. The fourth-order valence-electron chi connectivity index (χ4n) is 3.82. The van der Waals surface area contributed by atoms with E-state index in [0.29, 0.717) is 5.92 Å². The zero-order chi connectivity index (χ0) is 20.9. The number of rotatable bonds is 22. The van der Waals surface area contributed by atoms with Crippen LogP contribution in [0.3, 0.4) is 0 Å². The molecule has 3 heteroatoms. The first-order valence-corrected chi connectivity index (χ1v) is 12.3. The topological polar surface area (TPSA) is 12.0 Å². The predicted octanol–water partition coefficient (Wildman–Crippen LogP) is 8.69. The van der Waals surface area contributed by atoms with Gasteiger partial charge in [0.2, 0.25) is 0 Å². The first-order valence-electron chi connectivity index (χ1n) is 12.3. The average molecular weight is 402 g/mol. The van der Waals surface area contributed by atoms with Crippen LogP contribution in [-0.4, -0.2) is 19.5 Å². The fraction of sp³-hybridized carbons (Fsp3) is 0.920. The van der Waals surface area contributed by atoms with E-state index in [1.807, 2.05) is 0 Å². The van der Waals surface area contributed by atoms with Crippen LogP contribution in [0.15, 0.2) is 12.2 Å². The Morgan fingerprint density at radius 2 is 1.07 bits per heavy atom. The fourth-order valence-corrected chi connectivity index (χ4v) is 3.82. The highest BCUT2D eigenvalue weighted by Crippen LogP contribution is 2.19. The lowest BCUT2D eigenvalue weighted by atomic mass is 9.94. The molecule has 0 radical (unpaired) electrons. The largest absolute Gasteiger partial charge is 0.313 e. The van der Waals surface area contributed by atoms with E-state index in [9.17, 15) is 8.78 Å². The van der Waals surface area contributed by atoms with E-state index in [-0.39, 0.29) is 12.1 Å². The molecule has 0 rings (SSSR count). The highest BCUT2D eigenvalue weighted by Gasteiger charge is 2.11. The zero-order valence-electron chi connectivity index (χ0n) is 19.1. The van der Waals surface area contributed by atoms with Crippen LogP contribution >= 0.6 is 0 Å². The third-order valence-corrected chi connectivity index (χ3v) is 5.78. The Kier molecular flexibility index (Phi) is 20.9. The van der Waals surface area contributed by atoms with Gasteiger partial charge in [-0.15, -0.1) is 0 Å². The Morgan fingerprint density at radius 1 is 0.679 bits per heavy atom. The van der Waals surface area contributed by atoms with Crippen LogP contribution in [0.2, 0.25) is 0 Å². The summed E-state index contributed by atoms with van der Waals surface area (Å²) in [5.74, 6) is 0.626. The van der Waals surface area contributed by atoms with Crippen molar-refractivity contribution in [2.24, 2.45) is 5.92 Å². The highest BCUT2D eigenvalue weighted by atomic mass is 19.3. The van der Waals surface area contributed by atoms with Crippen LogP contribution < -0.4 is 5.32 Å². The van der Waals surface area contributed by atoms with Crippen molar-refractivity contribution >= 4 is 0 Å². The minimum absolute atomic E-state index is 0.0155. The zero-order valence-corrected chi connectivity index (χ0v) is 19.1. The summed E-state index contributed by atoms with van der Waals surface area (Å²) in [5.41, 5.74) is 0.0155. The summed E-state index contributed by atoms with van der Waals surface area (Å²) in [6.45, 7) is 9.09. The van der Waals surface area contributed by atoms with Crippen molar-refractivity contribution in [1.29, 1.82) is 0 Å². The van der Waals surface area contributed by atoms with Crippen molar-refractivity contribution in [2.45, 2.75) is 129 Å². The summed E-state index contributed by atoms with van der Waals surface area (Å²) in [5, 5.41) is 3.23. The van der Waals surface area contributed by atoms with Gasteiger partial charge < -0.3 is 5.32 Å². The van der Waals surface area contributed by atoms with Crippen molar-refractivity contribution in [2.75, 3.05) is 13.1 Å². The van der Waals surface area contributed by atoms with Gasteiger partial charge in [0.05, 0.1) is 0 Å². The van der Waals surface area contributed by atoms with E-state index in [2.05, 4.69) is 25.7 Å². The van der Waals surface area contributed by atoms with Crippen molar-refractivity contribution in [1.82, 2.24) is 5.32 Å². The van der Waals surface area contributed by atoms with Crippen LogP contribution in [0, 0.1) is 5.92 Å². The lowest BCUT2D eigenvalue weighted by Gasteiger charge is -2.18. The van der Waals surface area contributed by atoms with E-state index >= 15 is 0 Å². The molecule has 1 unspecified atom stereocenters. The molecule has 1 nitrogen and oxygen atoms in total. The Morgan fingerprint density at radius 3 is 1.46 bits per heavy atom. The second kappa shape index (κ2) is 21.3. The van der Waals surface area contributed by atoms with Gasteiger partial charge in [0.15, 0.2) is 0 Å². The minimum Gasteiger partial charge on any atom is -0.313 e.